The predicted molar refractivity (Wildman–Crippen MR) is 60.1 cm³/mol. The predicted octanol–water partition coefficient (Wildman–Crippen LogP) is 3.63. The molecule has 0 unspecified atom stereocenters. The minimum absolute atomic E-state index is 0.720. The van der Waals surface area contributed by atoms with Crippen LogP contribution in [0.15, 0.2) is 48.7 Å². The third kappa shape index (κ3) is 2.12. The van der Waals surface area contributed by atoms with E-state index in [0.717, 1.165) is 22.7 Å². The lowest BCUT2D eigenvalue weighted by molar-refractivity contribution is 1.28. The largest absolute Gasteiger partial charge is 0.256 e. The van der Waals surface area contributed by atoms with Crippen molar-refractivity contribution in [2.24, 2.45) is 0 Å². The number of hydrogen-bond donors (Lipinski definition) is 0. The number of nitrogens with zero attached hydrogens (tertiary/aromatic N) is 1. The highest BCUT2D eigenvalue weighted by Gasteiger charge is 2.00. The molecular weight excluding hydrogens is 194 g/mol. The van der Waals surface area contributed by atoms with Gasteiger partial charge in [-0.1, -0.05) is 42.0 Å². The third-order valence-corrected chi connectivity index (χ3v) is 2.23. The molecule has 2 rings (SSSR count). The monoisotopic (exact) mass is 203 g/mol. The maximum Gasteiger partial charge on any atom is 0.0716 e. The van der Waals surface area contributed by atoms with Crippen molar-refractivity contribution in [2.75, 3.05) is 0 Å². The molecule has 1 nitrogen and oxygen atoms in total. The summed E-state index contributed by atoms with van der Waals surface area (Å²) in [6.45, 7) is 0. The fourth-order valence-corrected chi connectivity index (χ4v) is 1.47. The molecule has 1 aliphatic carbocycles. The van der Waals surface area contributed by atoms with E-state index in [-0.39, 0.29) is 0 Å². The zero-order chi connectivity index (χ0) is 9.80. The zero-order valence-electron chi connectivity index (χ0n) is 7.65. The molecule has 70 valence electrons. The minimum atomic E-state index is 0.720. The first kappa shape index (κ1) is 9.22. The van der Waals surface area contributed by atoms with Crippen molar-refractivity contribution in [2.45, 2.75) is 6.42 Å². The lowest BCUT2D eigenvalue weighted by atomic mass is 10.1. The number of aromatic nitrogens is 1. The van der Waals surface area contributed by atoms with Crippen LogP contribution in [-0.2, 0) is 0 Å². The molecule has 0 N–H and O–H groups in total. The van der Waals surface area contributed by atoms with E-state index in [9.17, 15) is 0 Å². The summed E-state index contributed by atoms with van der Waals surface area (Å²) < 4.78 is 0. The molecule has 0 fully saturated rings. The van der Waals surface area contributed by atoms with Crippen molar-refractivity contribution in [3.63, 3.8) is 0 Å². The van der Waals surface area contributed by atoms with Crippen LogP contribution in [0.4, 0.5) is 0 Å². The smallest absolute Gasteiger partial charge is 0.0716 e. The highest BCUT2D eigenvalue weighted by Crippen LogP contribution is 2.19. The van der Waals surface area contributed by atoms with E-state index in [1.54, 1.807) is 12.3 Å². The molecule has 1 heterocycles. The third-order valence-electron chi connectivity index (χ3n) is 2.00. The van der Waals surface area contributed by atoms with Gasteiger partial charge in [0.2, 0.25) is 0 Å². The first-order valence-corrected chi connectivity index (χ1v) is 4.89. The Labute approximate surface area is 88.4 Å². The number of rotatable bonds is 1. The van der Waals surface area contributed by atoms with Crippen LogP contribution >= 0.6 is 11.6 Å². The van der Waals surface area contributed by atoms with Gasteiger partial charge in [0.05, 0.1) is 5.69 Å². The van der Waals surface area contributed by atoms with E-state index in [4.69, 9.17) is 11.6 Å². The van der Waals surface area contributed by atoms with Gasteiger partial charge in [0.15, 0.2) is 0 Å². The first-order valence-electron chi connectivity index (χ1n) is 4.51. The zero-order valence-corrected chi connectivity index (χ0v) is 8.41. The van der Waals surface area contributed by atoms with Crippen LogP contribution in [0.1, 0.15) is 12.1 Å². The molecule has 1 aliphatic rings. The number of halogens is 1. The van der Waals surface area contributed by atoms with Gasteiger partial charge in [0.1, 0.15) is 0 Å². The van der Waals surface area contributed by atoms with Crippen molar-refractivity contribution in [1.29, 1.82) is 0 Å². The maximum absolute atomic E-state index is 5.90. The summed E-state index contributed by atoms with van der Waals surface area (Å²) in [6.07, 6.45) is 13.1. The van der Waals surface area contributed by atoms with E-state index >= 15 is 0 Å². The van der Waals surface area contributed by atoms with Gasteiger partial charge >= 0.3 is 0 Å². The molecule has 0 aromatic carbocycles. The van der Waals surface area contributed by atoms with Crippen LogP contribution in [0.25, 0.3) is 5.57 Å². The van der Waals surface area contributed by atoms with Gasteiger partial charge in [0, 0.05) is 11.2 Å². The lowest BCUT2D eigenvalue weighted by Crippen LogP contribution is -1.85. The number of hydrogen-bond acceptors (Lipinski definition) is 1. The van der Waals surface area contributed by atoms with Gasteiger partial charge < -0.3 is 0 Å². The van der Waals surface area contributed by atoms with E-state index in [2.05, 4.69) is 23.2 Å². The van der Waals surface area contributed by atoms with E-state index < -0.39 is 0 Å². The Kier molecular flexibility index (Phi) is 2.80. The van der Waals surface area contributed by atoms with Gasteiger partial charge in [-0.3, -0.25) is 4.98 Å². The van der Waals surface area contributed by atoms with Crippen LogP contribution < -0.4 is 0 Å². The van der Waals surface area contributed by atoms with Crippen LogP contribution in [0.3, 0.4) is 0 Å². The second-order valence-corrected chi connectivity index (χ2v) is 3.48. The first-order chi connectivity index (χ1) is 6.86. The summed E-state index contributed by atoms with van der Waals surface area (Å²) in [7, 11) is 0. The van der Waals surface area contributed by atoms with Crippen molar-refractivity contribution in [1.82, 2.24) is 4.98 Å². The van der Waals surface area contributed by atoms with Crippen molar-refractivity contribution in [3.05, 3.63) is 59.4 Å². The van der Waals surface area contributed by atoms with Gasteiger partial charge in [-0.05, 0) is 24.1 Å². The van der Waals surface area contributed by atoms with Crippen molar-refractivity contribution >= 4 is 17.2 Å². The quantitative estimate of drug-likeness (QED) is 0.679. The van der Waals surface area contributed by atoms with Crippen molar-refractivity contribution < 1.29 is 0 Å². The molecule has 14 heavy (non-hydrogen) atoms. The molecule has 0 bridgehead atoms. The lowest BCUT2D eigenvalue weighted by Gasteiger charge is -2.00. The molecule has 0 radical (unpaired) electrons. The van der Waals surface area contributed by atoms with Crippen LogP contribution in [0.2, 0.25) is 5.02 Å². The second-order valence-electron chi connectivity index (χ2n) is 3.05. The SMILES string of the molecule is Clc1ccnc(C2=CC=CCC=C2)c1. The fraction of sp³-hybridized carbons (Fsp3) is 0.0833. The molecule has 0 amide bonds. The van der Waals surface area contributed by atoms with Gasteiger partial charge in [-0.2, -0.15) is 0 Å². The van der Waals surface area contributed by atoms with Crippen molar-refractivity contribution in [3.8, 4) is 0 Å². The Bertz CT molecular complexity index is 416. The van der Waals surface area contributed by atoms with Gasteiger partial charge in [-0.15, -0.1) is 0 Å². The van der Waals surface area contributed by atoms with Crippen LogP contribution in [0, 0.1) is 0 Å². The molecule has 1 aromatic rings. The summed E-state index contributed by atoms with van der Waals surface area (Å²) in [5.41, 5.74) is 2.02. The highest BCUT2D eigenvalue weighted by atomic mass is 35.5. The van der Waals surface area contributed by atoms with Gasteiger partial charge in [0.25, 0.3) is 0 Å². The van der Waals surface area contributed by atoms with E-state index in [1.807, 2.05) is 18.2 Å². The second kappa shape index (κ2) is 4.25. The summed E-state index contributed by atoms with van der Waals surface area (Å²) in [6, 6.07) is 3.65. The molecule has 0 saturated heterocycles. The number of allylic oxidation sites excluding steroid dienone is 6. The fourth-order valence-electron chi connectivity index (χ4n) is 1.31. The average Bonchev–Trinajstić information content (AvgIpc) is 2.45. The standard InChI is InChI=1S/C12H10ClN/c13-11-7-8-14-12(9-11)10-5-3-1-2-4-6-10/h1,3-9H,2H2. The number of pyridine rings is 1. The average molecular weight is 204 g/mol. The Hall–Kier alpha value is -1.34. The topological polar surface area (TPSA) is 12.9 Å². The summed E-state index contributed by atoms with van der Waals surface area (Å²) in [5.74, 6) is 0. The summed E-state index contributed by atoms with van der Waals surface area (Å²) in [4.78, 5) is 4.27. The Balaban J connectivity index is 2.39. The molecular formula is C12H10ClN. The molecule has 0 aliphatic heterocycles. The van der Waals surface area contributed by atoms with E-state index in [0.29, 0.717) is 0 Å². The Morgan fingerprint density at radius 3 is 3.07 bits per heavy atom. The molecule has 1 aromatic heterocycles. The molecule has 0 spiro atoms. The minimum Gasteiger partial charge on any atom is -0.256 e. The molecule has 0 atom stereocenters. The maximum atomic E-state index is 5.90. The highest BCUT2D eigenvalue weighted by molar-refractivity contribution is 6.30. The Morgan fingerprint density at radius 2 is 2.21 bits per heavy atom. The van der Waals surface area contributed by atoms with Crippen LogP contribution in [-0.4, -0.2) is 4.98 Å². The van der Waals surface area contributed by atoms with Gasteiger partial charge in [-0.25, -0.2) is 0 Å². The Morgan fingerprint density at radius 1 is 1.29 bits per heavy atom. The van der Waals surface area contributed by atoms with Crippen LogP contribution in [0.5, 0.6) is 0 Å². The summed E-state index contributed by atoms with van der Waals surface area (Å²) >= 11 is 5.90. The normalized spacial score (nSPS) is 15.1. The van der Waals surface area contributed by atoms with E-state index in [1.165, 1.54) is 0 Å². The molecule has 0 saturated carbocycles. The molecule has 2 heteroatoms. The summed E-state index contributed by atoms with van der Waals surface area (Å²) in [5, 5.41) is 0.720.